The molecule has 13 heavy (non-hydrogen) atoms. The van der Waals surface area contributed by atoms with Gasteiger partial charge in [0.1, 0.15) is 0 Å². The van der Waals surface area contributed by atoms with Gasteiger partial charge in [0.25, 0.3) is 0 Å². The first kappa shape index (κ1) is 9.92. The summed E-state index contributed by atoms with van der Waals surface area (Å²) in [6.45, 7) is 5.72. The van der Waals surface area contributed by atoms with Gasteiger partial charge in [-0.25, -0.2) is 4.98 Å². The lowest BCUT2D eigenvalue weighted by Gasteiger charge is -1.93. The van der Waals surface area contributed by atoms with E-state index in [1.807, 2.05) is 13.8 Å². The van der Waals surface area contributed by atoms with E-state index in [0.717, 1.165) is 10.6 Å². The number of nitrogens with one attached hydrogen (secondary N) is 1. The fourth-order valence-corrected chi connectivity index (χ4v) is 1.64. The largest absolute Gasteiger partial charge is 0.298 e. The van der Waals surface area contributed by atoms with Crippen LogP contribution in [0.15, 0.2) is 12.2 Å². The molecule has 1 rings (SSSR count). The van der Waals surface area contributed by atoms with E-state index in [0.29, 0.717) is 5.13 Å². The van der Waals surface area contributed by atoms with E-state index in [-0.39, 0.29) is 5.91 Å². The molecule has 0 fully saturated rings. The number of thiazole rings is 1. The molecule has 0 atom stereocenters. The van der Waals surface area contributed by atoms with Gasteiger partial charge < -0.3 is 0 Å². The van der Waals surface area contributed by atoms with E-state index in [9.17, 15) is 4.79 Å². The Bertz CT molecular complexity index is 322. The van der Waals surface area contributed by atoms with Crippen LogP contribution >= 0.6 is 11.3 Å². The van der Waals surface area contributed by atoms with Gasteiger partial charge in [-0.15, -0.1) is 11.3 Å². The average Bonchev–Trinajstić information content (AvgIpc) is 2.31. The van der Waals surface area contributed by atoms with Crippen molar-refractivity contribution in [3.8, 4) is 0 Å². The smallest absolute Gasteiger partial charge is 0.249 e. The molecule has 1 N–H and O–H groups in total. The number of carbonyl (C=O) groups excluding carboxylic acids is 1. The Morgan fingerprint density at radius 3 is 2.69 bits per heavy atom. The first-order valence-electron chi connectivity index (χ1n) is 4.01. The van der Waals surface area contributed by atoms with Crippen molar-refractivity contribution >= 4 is 22.4 Å². The summed E-state index contributed by atoms with van der Waals surface area (Å²) in [6, 6.07) is 0. The third-order valence-corrected chi connectivity index (χ3v) is 2.56. The first-order valence-corrected chi connectivity index (χ1v) is 4.83. The molecule has 0 aromatic carbocycles. The highest BCUT2D eigenvalue weighted by Gasteiger charge is 2.04. The molecule has 1 aromatic rings. The van der Waals surface area contributed by atoms with Gasteiger partial charge in [-0.1, -0.05) is 6.08 Å². The zero-order valence-electron chi connectivity index (χ0n) is 7.92. The van der Waals surface area contributed by atoms with Crippen molar-refractivity contribution in [2.75, 3.05) is 5.32 Å². The van der Waals surface area contributed by atoms with Crippen molar-refractivity contribution in [2.24, 2.45) is 0 Å². The maximum Gasteiger partial charge on any atom is 0.249 e. The topological polar surface area (TPSA) is 42.0 Å². The molecule has 0 radical (unpaired) electrons. The molecule has 70 valence electrons. The van der Waals surface area contributed by atoms with Crippen LogP contribution in [0.25, 0.3) is 0 Å². The monoisotopic (exact) mass is 196 g/mol. The average molecular weight is 196 g/mol. The maximum absolute atomic E-state index is 11.1. The molecule has 3 nitrogen and oxygen atoms in total. The molecule has 0 aliphatic rings. The zero-order valence-corrected chi connectivity index (χ0v) is 8.73. The van der Waals surface area contributed by atoms with Crippen LogP contribution in [0.2, 0.25) is 0 Å². The number of aromatic nitrogens is 1. The number of hydrogen-bond donors (Lipinski definition) is 1. The van der Waals surface area contributed by atoms with Crippen LogP contribution in [0.4, 0.5) is 5.13 Å². The van der Waals surface area contributed by atoms with E-state index in [2.05, 4.69) is 10.3 Å². The van der Waals surface area contributed by atoms with Gasteiger partial charge in [-0.3, -0.25) is 10.1 Å². The van der Waals surface area contributed by atoms with Crippen molar-refractivity contribution in [1.29, 1.82) is 0 Å². The van der Waals surface area contributed by atoms with Gasteiger partial charge in [0.15, 0.2) is 5.13 Å². The minimum absolute atomic E-state index is 0.128. The molecular weight excluding hydrogens is 184 g/mol. The summed E-state index contributed by atoms with van der Waals surface area (Å²) in [5.41, 5.74) is 0.973. The summed E-state index contributed by atoms with van der Waals surface area (Å²) in [7, 11) is 0. The van der Waals surface area contributed by atoms with Crippen LogP contribution < -0.4 is 5.32 Å². The summed E-state index contributed by atoms with van der Waals surface area (Å²) in [5, 5.41) is 3.35. The molecule has 0 bridgehead atoms. The summed E-state index contributed by atoms with van der Waals surface area (Å²) in [5.74, 6) is -0.128. The Hall–Kier alpha value is -1.16. The number of anilines is 1. The summed E-state index contributed by atoms with van der Waals surface area (Å²) < 4.78 is 0. The Morgan fingerprint density at radius 2 is 2.23 bits per heavy atom. The molecular formula is C9H12N2OS. The van der Waals surface area contributed by atoms with Gasteiger partial charge in [0.2, 0.25) is 5.91 Å². The summed E-state index contributed by atoms with van der Waals surface area (Å²) >= 11 is 1.49. The highest BCUT2D eigenvalue weighted by molar-refractivity contribution is 7.15. The van der Waals surface area contributed by atoms with Crippen LogP contribution in [-0.4, -0.2) is 10.9 Å². The summed E-state index contributed by atoms with van der Waals surface area (Å²) in [6.07, 6.45) is 3.18. The zero-order chi connectivity index (χ0) is 9.84. The SMILES string of the molecule is CC=CC(=O)Nc1nc(C)c(C)s1. The number of nitrogens with zero attached hydrogens (tertiary/aromatic N) is 1. The van der Waals surface area contributed by atoms with Crippen LogP contribution in [0.1, 0.15) is 17.5 Å². The normalized spacial score (nSPS) is 10.7. The minimum atomic E-state index is -0.128. The second-order valence-corrected chi connectivity index (χ2v) is 3.85. The van der Waals surface area contributed by atoms with E-state index < -0.39 is 0 Å². The van der Waals surface area contributed by atoms with Crippen molar-refractivity contribution in [2.45, 2.75) is 20.8 Å². The second-order valence-electron chi connectivity index (χ2n) is 2.65. The van der Waals surface area contributed by atoms with Gasteiger partial charge in [0, 0.05) is 4.88 Å². The molecule has 0 aliphatic carbocycles. The lowest BCUT2D eigenvalue weighted by Crippen LogP contribution is -2.07. The molecule has 0 unspecified atom stereocenters. The van der Waals surface area contributed by atoms with Crippen LogP contribution in [-0.2, 0) is 4.79 Å². The van der Waals surface area contributed by atoms with Crippen LogP contribution in [0.3, 0.4) is 0 Å². The molecule has 1 amide bonds. The quantitative estimate of drug-likeness (QED) is 0.737. The summed E-state index contributed by atoms with van der Waals surface area (Å²) in [4.78, 5) is 16.4. The number of aryl methyl sites for hydroxylation is 2. The lowest BCUT2D eigenvalue weighted by molar-refractivity contribution is -0.111. The molecule has 0 aliphatic heterocycles. The third-order valence-electron chi connectivity index (χ3n) is 1.58. The van der Waals surface area contributed by atoms with Crippen molar-refractivity contribution in [3.05, 3.63) is 22.7 Å². The maximum atomic E-state index is 11.1. The van der Waals surface area contributed by atoms with E-state index >= 15 is 0 Å². The number of carbonyl (C=O) groups is 1. The predicted molar refractivity (Wildman–Crippen MR) is 55.0 cm³/mol. The predicted octanol–water partition coefficient (Wildman–Crippen LogP) is 2.27. The van der Waals surface area contributed by atoms with Gasteiger partial charge in [-0.05, 0) is 26.8 Å². The standard InChI is InChI=1S/C9H12N2OS/c1-4-5-8(12)11-9-10-6(2)7(3)13-9/h4-5H,1-3H3,(H,10,11,12). The number of amides is 1. The Labute approximate surface area is 81.5 Å². The molecule has 4 heteroatoms. The van der Waals surface area contributed by atoms with Crippen molar-refractivity contribution in [3.63, 3.8) is 0 Å². The Kier molecular flexibility index (Phi) is 3.19. The van der Waals surface area contributed by atoms with E-state index in [1.54, 1.807) is 13.0 Å². The second kappa shape index (κ2) is 4.18. The van der Waals surface area contributed by atoms with Gasteiger partial charge >= 0.3 is 0 Å². The lowest BCUT2D eigenvalue weighted by atomic mass is 10.4. The molecule has 1 heterocycles. The molecule has 1 aromatic heterocycles. The fourth-order valence-electron chi connectivity index (χ4n) is 0.825. The van der Waals surface area contributed by atoms with Gasteiger partial charge in [0.05, 0.1) is 5.69 Å². The number of hydrogen-bond acceptors (Lipinski definition) is 3. The van der Waals surface area contributed by atoms with Crippen LogP contribution in [0, 0.1) is 13.8 Å². The van der Waals surface area contributed by atoms with Gasteiger partial charge in [-0.2, -0.15) is 0 Å². The van der Waals surface area contributed by atoms with Crippen molar-refractivity contribution in [1.82, 2.24) is 4.98 Å². The van der Waals surface area contributed by atoms with Crippen molar-refractivity contribution < 1.29 is 4.79 Å². The highest BCUT2D eigenvalue weighted by Crippen LogP contribution is 2.20. The first-order chi connectivity index (χ1) is 6.13. The number of allylic oxidation sites excluding steroid dienone is 1. The third kappa shape index (κ3) is 2.66. The van der Waals surface area contributed by atoms with E-state index in [1.165, 1.54) is 17.4 Å². The fraction of sp³-hybridized carbons (Fsp3) is 0.333. The number of rotatable bonds is 2. The Morgan fingerprint density at radius 1 is 1.54 bits per heavy atom. The van der Waals surface area contributed by atoms with Crippen LogP contribution in [0.5, 0.6) is 0 Å². The van der Waals surface area contributed by atoms with E-state index in [4.69, 9.17) is 0 Å². The molecule has 0 saturated carbocycles. The molecule has 0 saturated heterocycles. The highest BCUT2D eigenvalue weighted by atomic mass is 32.1. The molecule has 0 spiro atoms. The Balaban J connectivity index is 2.69. The minimum Gasteiger partial charge on any atom is -0.298 e.